The fraction of sp³-hybridized carbons (Fsp3) is 0.200. The van der Waals surface area contributed by atoms with E-state index in [-0.39, 0.29) is 13.0 Å². The quantitative estimate of drug-likeness (QED) is 0.721. The molecule has 0 heterocycles. The second-order valence-corrected chi connectivity index (χ2v) is 2.62. The maximum Gasteiger partial charge on any atom is 0.252 e. The van der Waals surface area contributed by atoms with Gasteiger partial charge in [0.05, 0.1) is 18.1 Å². The van der Waals surface area contributed by atoms with Gasteiger partial charge in [0, 0.05) is 0 Å². The molecule has 0 fully saturated rings. The van der Waals surface area contributed by atoms with E-state index < -0.39 is 5.91 Å². The Balaban J connectivity index is 2.75. The van der Waals surface area contributed by atoms with E-state index in [4.69, 9.17) is 15.7 Å². The smallest absolute Gasteiger partial charge is 0.252 e. The van der Waals surface area contributed by atoms with Crippen LogP contribution in [-0.2, 0) is 0 Å². The lowest BCUT2D eigenvalue weighted by Crippen LogP contribution is -2.13. The normalized spacial score (nSPS) is 9.07. The molecule has 0 spiro atoms. The van der Waals surface area contributed by atoms with Gasteiger partial charge < -0.3 is 10.5 Å². The molecule has 4 nitrogen and oxygen atoms in total. The third kappa shape index (κ3) is 2.49. The molecule has 1 rings (SSSR count). The summed E-state index contributed by atoms with van der Waals surface area (Å²) in [5, 5.41) is 8.30. The molecule has 1 amide bonds. The summed E-state index contributed by atoms with van der Waals surface area (Å²) in [7, 11) is 0. The summed E-state index contributed by atoms with van der Waals surface area (Å²) in [5.41, 5.74) is 5.47. The van der Waals surface area contributed by atoms with E-state index >= 15 is 0 Å². The Morgan fingerprint density at radius 3 is 2.86 bits per heavy atom. The van der Waals surface area contributed by atoms with Gasteiger partial charge in [0.2, 0.25) is 0 Å². The third-order valence-corrected chi connectivity index (χ3v) is 1.62. The average Bonchev–Trinajstić information content (AvgIpc) is 2.19. The number of hydrogen-bond acceptors (Lipinski definition) is 3. The Morgan fingerprint density at radius 1 is 1.50 bits per heavy atom. The molecule has 0 aliphatic heterocycles. The van der Waals surface area contributed by atoms with Crippen LogP contribution in [-0.4, -0.2) is 12.5 Å². The largest absolute Gasteiger partial charge is 0.492 e. The van der Waals surface area contributed by atoms with E-state index in [0.29, 0.717) is 11.3 Å². The molecule has 1 aromatic carbocycles. The molecule has 14 heavy (non-hydrogen) atoms. The van der Waals surface area contributed by atoms with Crippen molar-refractivity contribution in [2.45, 2.75) is 6.42 Å². The lowest BCUT2D eigenvalue weighted by molar-refractivity contribution is 0.0996. The second-order valence-electron chi connectivity index (χ2n) is 2.62. The van der Waals surface area contributed by atoms with Crippen molar-refractivity contribution >= 4 is 5.91 Å². The molecule has 2 N–H and O–H groups in total. The summed E-state index contributed by atoms with van der Waals surface area (Å²) in [6, 6.07) is 8.63. The molecular formula is C10H10N2O2. The number of hydrogen-bond donors (Lipinski definition) is 1. The van der Waals surface area contributed by atoms with Gasteiger partial charge >= 0.3 is 0 Å². The Labute approximate surface area is 81.9 Å². The van der Waals surface area contributed by atoms with E-state index in [2.05, 4.69) is 0 Å². The Bertz CT molecular complexity index is 369. The molecule has 0 saturated heterocycles. The molecule has 1 aromatic rings. The molecule has 4 heteroatoms. The number of nitriles is 1. The molecular weight excluding hydrogens is 180 g/mol. The number of nitrogens with two attached hydrogens (primary N) is 1. The number of ether oxygens (including phenoxy) is 1. The second kappa shape index (κ2) is 4.87. The fourth-order valence-electron chi connectivity index (χ4n) is 1.00. The summed E-state index contributed by atoms with van der Waals surface area (Å²) < 4.78 is 5.22. The van der Waals surface area contributed by atoms with Crippen molar-refractivity contribution in [3.63, 3.8) is 0 Å². The zero-order valence-electron chi connectivity index (χ0n) is 7.56. The van der Waals surface area contributed by atoms with E-state index in [9.17, 15) is 4.79 Å². The number of rotatable bonds is 4. The third-order valence-electron chi connectivity index (χ3n) is 1.62. The lowest BCUT2D eigenvalue weighted by Gasteiger charge is -2.06. The van der Waals surface area contributed by atoms with Gasteiger partial charge in [-0.25, -0.2) is 0 Å². The number of para-hydroxylation sites is 1. The first-order valence-corrected chi connectivity index (χ1v) is 4.14. The SMILES string of the molecule is N#CCCOc1ccccc1C(N)=O. The molecule has 0 aliphatic rings. The van der Waals surface area contributed by atoms with Crippen LogP contribution in [0.3, 0.4) is 0 Å². The minimum Gasteiger partial charge on any atom is -0.492 e. The number of carbonyl (C=O) groups excluding carboxylic acids is 1. The summed E-state index contributed by atoms with van der Waals surface area (Å²) in [6.07, 6.45) is 0.285. The van der Waals surface area contributed by atoms with Crippen molar-refractivity contribution in [2.75, 3.05) is 6.61 Å². The average molecular weight is 190 g/mol. The summed E-state index contributed by atoms with van der Waals surface area (Å²) in [5.74, 6) is -0.104. The Morgan fingerprint density at radius 2 is 2.21 bits per heavy atom. The molecule has 0 aliphatic carbocycles. The summed E-state index contributed by atoms with van der Waals surface area (Å²) in [6.45, 7) is 0.265. The van der Waals surface area contributed by atoms with Crippen LogP contribution >= 0.6 is 0 Å². The highest BCUT2D eigenvalue weighted by Gasteiger charge is 2.07. The number of primary amides is 1. The summed E-state index contributed by atoms with van der Waals surface area (Å²) in [4.78, 5) is 10.9. The van der Waals surface area contributed by atoms with Crippen LogP contribution < -0.4 is 10.5 Å². The topological polar surface area (TPSA) is 76.1 Å². The van der Waals surface area contributed by atoms with E-state index in [0.717, 1.165) is 0 Å². The van der Waals surface area contributed by atoms with Crippen molar-refractivity contribution in [3.05, 3.63) is 29.8 Å². The maximum absolute atomic E-state index is 10.9. The van der Waals surface area contributed by atoms with Gasteiger partial charge in [0.15, 0.2) is 0 Å². The first kappa shape index (κ1) is 10.1. The van der Waals surface area contributed by atoms with E-state index in [1.807, 2.05) is 6.07 Å². The number of benzene rings is 1. The van der Waals surface area contributed by atoms with Gasteiger partial charge in [-0.2, -0.15) is 5.26 Å². The number of nitrogens with zero attached hydrogens (tertiary/aromatic N) is 1. The fourth-order valence-corrected chi connectivity index (χ4v) is 1.00. The molecule has 0 bridgehead atoms. The highest BCUT2D eigenvalue weighted by Crippen LogP contribution is 2.16. The van der Waals surface area contributed by atoms with Gasteiger partial charge in [-0.15, -0.1) is 0 Å². The molecule has 0 unspecified atom stereocenters. The zero-order chi connectivity index (χ0) is 10.4. The predicted molar refractivity (Wildman–Crippen MR) is 50.7 cm³/mol. The van der Waals surface area contributed by atoms with Crippen LogP contribution in [0.25, 0.3) is 0 Å². The number of amides is 1. The minimum atomic E-state index is -0.530. The standard InChI is InChI=1S/C10H10N2O2/c11-6-3-7-14-9-5-2-1-4-8(9)10(12)13/h1-2,4-5H,3,7H2,(H2,12,13). The molecule has 72 valence electrons. The van der Waals surface area contributed by atoms with Crippen molar-refractivity contribution in [1.82, 2.24) is 0 Å². The van der Waals surface area contributed by atoms with Crippen molar-refractivity contribution in [3.8, 4) is 11.8 Å². The van der Waals surface area contributed by atoms with Crippen molar-refractivity contribution in [2.24, 2.45) is 5.73 Å². The summed E-state index contributed by atoms with van der Waals surface area (Å²) >= 11 is 0. The van der Waals surface area contributed by atoms with Gasteiger partial charge in [-0.1, -0.05) is 12.1 Å². The van der Waals surface area contributed by atoms with Crippen LogP contribution in [0.5, 0.6) is 5.75 Å². The lowest BCUT2D eigenvalue weighted by atomic mass is 10.2. The Kier molecular flexibility index (Phi) is 3.50. The first-order valence-electron chi connectivity index (χ1n) is 4.14. The van der Waals surface area contributed by atoms with Gasteiger partial charge in [0.1, 0.15) is 12.4 Å². The van der Waals surface area contributed by atoms with Gasteiger partial charge in [0.25, 0.3) is 5.91 Å². The monoisotopic (exact) mass is 190 g/mol. The zero-order valence-corrected chi connectivity index (χ0v) is 7.56. The van der Waals surface area contributed by atoms with Crippen LogP contribution in [0.15, 0.2) is 24.3 Å². The Hall–Kier alpha value is -2.02. The molecule has 0 saturated carbocycles. The number of carbonyl (C=O) groups is 1. The van der Waals surface area contributed by atoms with E-state index in [1.165, 1.54) is 0 Å². The van der Waals surface area contributed by atoms with Gasteiger partial charge in [-0.3, -0.25) is 4.79 Å². The first-order chi connectivity index (χ1) is 6.75. The molecule has 0 atom stereocenters. The van der Waals surface area contributed by atoms with E-state index in [1.54, 1.807) is 24.3 Å². The van der Waals surface area contributed by atoms with Crippen LogP contribution in [0.1, 0.15) is 16.8 Å². The molecule has 0 aromatic heterocycles. The van der Waals surface area contributed by atoms with Crippen LogP contribution in [0.2, 0.25) is 0 Å². The van der Waals surface area contributed by atoms with Crippen molar-refractivity contribution in [1.29, 1.82) is 5.26 Å². The van der Waals surface area contributed by atoms with Crippen molar-refractivity contribution < 1.29 is 9.53 Å². The minimum absolute atomic E-state index is 0.265. The predicted octanol–water partition coefficient (Wildman–Crippen LogP) is 1.08. The van der Waals surface area contributed by atoms with Crippen LogP contribution in [0, 0.1) is 11.3 Å². The highest BCUT2D eigenvalue weighted by molar-refractivity contribution is 5.95. The maximum atomic E-state index is 10.9. The highest BCUT2D eigenvalue weighted by atomic mass is 16.5. The van der Waals surface area contributed by atoms with Gasteiger partial charge in [-0.05, 0) is 12.1 Å². The molecule has 0 radical (unpaired) electrons. The van der Waals surface area contributed by atoms with Crippen LogP contribution in [0.4, 0.5) is 0 Å².